The third-order valence-electron chi connectivity index (χ3n) is 3.26. The molecule has 1 aromatic heterocycles. The van der Waals surface area contributed by atoms with Crippen LogP contribution in [0.5, 0.6) is 0 Å². The van der Waals surface area contributed by atoms with Gasteiger partial charge in [-0.3, -0.25) is 9.78 Å². The van der Waals surface area contributed by atoms with Gasteiger partial charge in [0.1, 0.15) is 0 Å². The van der Waals surface area contributed by atoms with Crippen molar-refractivity contribution in [1.82, 2.24) is 15.0 Å². The van der Waals surface area contributed by atoms with Crippen LogP contribution >= 0.6 is 0 Å². The lowest BCUT2D eigenvalue weighted by atomic mass is 10.3. The number of hydrogen-bond donors (Lipinski definition) is 2. The van der Waals surface area contributed by atoms with Gasteiger partial charge in [0.25, 0.3) is 0 Å². The second-order valence-electron chi connectivity index (χ2n) is 5.27. The van der Waals surface area contributed by atoms with E-state index in [0.717, 1.165) is 17.8 Å². The van der Waals surface area contributed by atoms with Gasteiger partial charge in [0.15, 0.2) is 11.6 Å². The van der Waals surface area contributed by atoms with E-state index in [1.165, 1.54) is 0 Å². The number of aromatic nitrogens is 1. The summed E-state index contributed by atoms with van der Waals surface area (Å²) in [5, 5.41) is 2.62. The van der Waals surface area contributed by atoms with Crippen LogP contribution in [0.25, 0.3) is 0 Å². The quantitative estimate of drug-likeness (QED) is 0.777. The van der Waals surface area contributed by atoms with Crippen LogP contribution in [0.15, 0.2) is 41.3 Å². The fourth-order valence-corrected chi connectivity index (χ4v) is 3.05. The minimum atomic E-state index is -4.02. The number of halogens is 2. The van der Waals surface area contributed by atoms with Crippen LogP contribution in [0.3, 0.4) is 0 Å². The third kappa shape index (κ3) is 5.57. The Hall–Kier alpha value is -2.39. The van der Waals surface area contributed by atoms with Crippen LogP contribution in [0.2, 0.25) is 0 Å². The molecule has 0 saturated carbocycles. The average Bonchev–Trinajstić information content (AvgIpc) is 2.55. The summed E-state index contributed by atoms with van der Waals surface area (Å²) >= 11 is 0. The molecule has 2 aromatic rings. The number of carbonyl (C=O) groups excluding carboxylic acids is 1. The number of hydrogen-bond acceptors (Lipinski definition) is 4. The molecular weight excluding hydrogens is 352 g/mol. The topological polar surface area (TPSA) is 88.2 Å². The van der Waals surface area contributed by atoms with Gasteiger partial charge < -0.3 is 5.32 Å². The van der Waals surface area contributed by atoms with Crippen molar-refractivity contribution in [3.05, 3.63) is 59.4 Å². The van der Waals surface area contributed by atoms with Gasteiger partial charge in [-0.05, 0) is 37.3 Å². The maximum atomic E-state index is 13.1. The Kier molecular flexibility index (Phi) is 6.16. The first-order valence-electron chi connectivity index (χ1n) is 7.42. The second-order valence-corrected chi connectivity index (χ2v) is 7.04. The zero-order valence-electron chi connectivity index (χ0n) is 13.4. The molecule has 134 valence electrons. The van der Waals surface area contributed by atoms with E-state index in [4.69, 9.17) is 0 Å². The number of amides is 1. The molecule has 2 rings (SSSR count). The molecule has 6 nitrogen and oxygen atoms in total. The highest BCUT2D eigenvalue weighted by Gasteiger charge is 2.16. The molecule has 0 fully saturated rings. The number of nitrogens with one attached hydrogen (secondary N) is 2. The number of carbonyl (C=O) groups is 1. The molecule has 0 bridgehead atoms. The number of rotatable bonds is 7. The smallest absolute Gasteiger partial charge is 0.240 e. The van der Waals surface area contributed by atoms with Crippen molar-refractivity contribution >= 4 is 15.9 Å². The molecular formula is C16H17F2N3O3S. The van der Waals surface area contributed by atoms with Crippen LogP contribution in [-0.2, 0) is 21.4 Å². The number of sulfonamides is 1. The maximum Gasteiger partial charge on any atom is 0.240 e. The Morgan fingerprint density at radius 3 is 2.60 bits per heavy atom. The second kappa shape index (κ2) is 8.13. The summed E-state index contributed by atoms with van der Waals surface area (Å²) < 4.78 is 52.0. The SMILES string of the molecule is Cc1cccc(CNC(=O)CCNS(=O)(=O)c2ccc(F)c(F)c2)n1. The average molecular weight is 369 g/mol. The highest BCUT2D eigenvalue weighted by atomic mass is 32.2. The first-order valence-corrected chi connectivity index (χ1v) is 8.90. The molecule has 1 heterocycles. The zero-order valence-corrected chi connectivity index (χ0v) is 14.2. The van der Waals surface area contributed by atoms with E-state index in [1.54, 1.807) is 6.07 Å². The lowest BCUT2D eigenvalue weighted by Gasteiger charge is -2.08. The van der Waals surface area contributed by atoms with Gasteiger partial charge in [-0.15, -0.1) is 0 Å². The van der Waals surface area contributed by atoms with E-state index in [9.17, 15) is 22.0 Å². The normalized spacial score (nSPS) is 11.3. The van der Waals surface area contributed by atoms with Crippen molar-refractivity contribution in [3.8, 4) is 0 Å². The van der Waals surface area contributed by atoms with E-state index < -0.39 is 26.6 Å². The van der Waals surface area contributed by atoms with Crippen LogP contribution in [-0.4, -0.2) is 25.9 Å². The Morgan fingerprint density at radius 2 is 1.92 bits per heavy atom. The van der Waals surface area contributed by atoms with Gasteiger partial charge in [-0.25, -0.2) is 21.9 Å². The predicted molar refractivity (Wildman–Crippen MR) is 87.0 cm³/mol. The molecule has 0 radical (unpaired) electrons. The van der Waals surface area contributed by atoms with E-state index in [1.807, 2.05) is 19.1 Å². The van der Waals surface area contributed by atoms with Crippen molar-refractivity contribution < 1.29 is 22.0 Å². The Bertz CT molecular complexity index is 873. The molecule has 1 amide bonds. The van der Waals surface area contributed by atoms with E-state index in [0.29, 0.717) is 11.8 Å². The monoisotopic (exact) mass is 369 g/mol. The zero-order chi connectivity index (χ0) is 18.4. The summed E-state index contributed by atoms with van der Waals surface area (Å²) in [7, 11) is -4.02. The van der Waals surface area contributed by atoms with Crippen molar-refractivity contribution in [3.63, 3.8) is 0 Å². The third-order valence-corrected chi connectivity index (χ3v) is 4.72. The van der Waals surface area contributed by atoms with Crippen molar-refractivity contribution in [2.24, 2.45) is 0 Å². The summed E-state index contributed by atoms with van der Waals surface area (Å²) in [6.45, 7) is 1.89. The van der Waals surface area contributed by atoms with E-state index >= 15 is 0 Å². The van der Waals surface area contributed by atoms with E-state index in [-0.39, 0.29) is 25.4 Å². The van der Waals surface area contributed by atoms with Crippen LogP contribution in [0.4, 0.5) is 8.78 Å². The minimum absolute atomic E-state index is 0.102. The molecule has 0 aliphatic heterocycles. The molecule has 0 aliphatic carbocycles. The highest BCUT2D eigenvalue weighted by molar-refractivity contribution is 7.89. The van der Waals surface area contributed by atoms with Crippen molar-refractivity contribution in [2.75, 3.05) is 6.54 Å². The lowest BCUT2D eigenvalue weighted by molar-refractivity contribution is -0.121. The molecule has 25 heavy (non-hydrogen) atoms. The van der Waals surface area contributed by atoms with Gasteiger partial charge in [-0.2, -0.15) is 0 Å². The maximum absolute atomic E-state index is 13.1. The Labute approximate surface area is 144 Å². The summed E-state index contributed by atoms with van der Waals surface area (Å²) in [6, 6.07) is 7.67. The van der Waals surface area contributed by atoms with Crippen LogP contribution < -0.4 is 10.0 Å². The Balaban J connectivity index is 1.82. The van der Waals surface area contributed by atoms with Gasteiger partial charge >= 0.3 is 0 Å². The summed E-state index contributed by atoms with van der Waals surface area (Å²) in [5.41, 5.74) is 1.52. The molecule has 9 heteroatoms. The summed E-state index contributed by atoms with van der Waals surface area (Å²) in [5.74, 6) is -2.76. The molecule has 0 aliphatic rings. The van der Waals surface area contributed by atoms with Crippen LogP contribution in [0.1, 0.15) is 17.8 Å². The number of benzene rings is 1. The standard InChI is InChI=1S/C16H17F2N3O3S/c1-11-3-2-4-12(21-11)10-19-16(22)7-8-20-25(23,24)13-5-6-14(17)15(18)9-13/h2-6,9,20H,7-8,10H2,1H3,(H,19,22). The molecule has 0 unspecified atom stereocenters. The Morgan fingerprint density at radius 1 is 1.16 bits per heavy atom. The van der Waals surface area contributed by atoms with Gasteiger partial charge in [0.2, 0.25) is 15.9 Å². The first-order chi connectivity index (χ1) is 11.8. The van der Waals surface area contributed by atoms with Crippen LogP contribution in [0, 0.1) is 18.6 Å². The van der Waals surface area contributed by atoms with Gasteiger partial charge in [0.05, 0.1) is 17.1 Å². The predicted octanol–water partition coefficient (Wildman–Crippen LogP) is 1.65. The number of pyridine rings is 1. The highest BCUT2D eigenvalue weighted by Crippen LogP contribution is 2.13. The summed E-state index contributed by atoms with van der Waals surface area (Å²) in [6.07, 6.45) is -0.102. The minimum Gasteiger partial charge on any atom is -0.350 e. The van der Waals surface area contributed by atoms with E-state index in [2.05, 4.69) is 15.0 Å². The molecule has 0 spiro atoms. The molecule has 0 atom stereocenters. The van der Waals surface area contributed by atoms with Gasteiger partial charge in [0, 0.05) is 18.7 Å². The summed E-state index contributed by atoms with van der Waals surface area (Å²) in [4.78, 5) is 15.6. The first kappa shape index (κ1) is 18.9. The molecule has 1 aromatic carbocycles. The number of aryl methyl sites for hydroxylation is 1. The van der Waals surface area contributed by atoms with Crippen molar-refractivity contribution in [1.29, 1.82) is 0 Å². The fraction of sp³-hybridized carbons (Fsp3) is 0.250. The van der Waals surface area contributed by atoms with Crippen molar-refractivity contribution in [2.45, 2.75) is 24.8 Å². The lowest BCUT2D eigenvalue weighted by Crippen LogP contribution is -2.30. The largest absolute Gasteiger partial charge is 0.350 e. The molecule has 2 N–H and O–H groups in total. The van der Waals surface area contributed by atoms with Gasteiger partial charge in [-0.1, -0.05) is 6.07 Å². The fourth-order valence-electron chi connectivity index (χ4n) is 2.00. The molecule has 0 saturated heterocycles. The number of nitrogens with zero attached hydrogens (tertiary/aromatic N) is 1.